The van der Waals surface area contributed by atoms with E-state index in [0.717, 1.165) is 34.3 Å². The van der Waals surface area contributed by atoms with Gasteiger partial charge in [0.1, 0.15) is 0 Å². The molecule has 1 amide bonds. The molecule has 1 saturated heterocycles. The standard InChI is InChI=1S/C25H25N3O3S/c29-13-11-27-25(30)24-23(19-6-2-4-8-22(19)32-24)21-16-28(12-14-31-21)15-17-9-10-26-20-7-3-1-5-18(17)20/h1-10,21,29H,11-16H2,(H,27,30)/t21-/m1/s1. The number of thiophene rings is 1. The molecular weight excluding hydrogens is 422 g/mol. The minimum atomic E-state index is -0.192. The van der Waals surface area contributed by atoms with Crippen LogP contribution in [0.4, 0.5) is 0 Å². The van der Waals surface area contributed by atoms with Gasteiger partial charge in [0.2, 0.25) is 0 Å². The van der Waals surface area contributed by atoms with Gasteiger partial charge in [-0.15, -0.1) is 11.3 Å². The monoisotopic (exact) mass is 447 g/mol. The van der Waals surface area contributed by atoms with Crippen LogP contribution >= 0.6 is 11.3 Å². The summed E-state index contributed by atoms with van der Waals surface area (Å²) >= 11 is 1.48. The van der Waals surface area contributed by atoms with E-state index in [-0.39, 0.29) is 25.2 Å². The summed E-state index contributed by atoms with van der Waals surface area (Å²) in [4.78, 5) is 20.4. The van der Waals surface area contributed by atoms with Gasteiger partial charge in [-0.3, -0.25) is 14.7 Å². The molecule has 4 aromatic rings. The molecular formula is C25H25N3O3S. The molecule has 0 radical (unpaired) electrons. The molecule has 1 aliphatic heterocycles. The number of pyridine rings is 1. The molecule has 0 bridgehead atoms. The van der Waals surface area contributed by atoms with Crippen LogP contribution in [0.3, 0.4) is 0 Å². The Kier molecular flexibility index (Phi) is 6.14. The van der Waals surface area contributed by atoms with Crippen molar-refractivity contribution in [1.82, 2.24) is 15.2 Å². The third kappa shape index (κ3) is 4.12. The molecule has 6 nitrogen and oxygen atoms in total. The molecule has 164 valence electrons. The average Bonchev–Trinajstić information content (AvgIpc) is 3.23. The van der Waals surface area contributed by atoms with Crippen LogP contribution < -0.4 is 5.32 Å². The number of carbonyl (C=O) groups excluding carboxylic acids is 1. The van der Waals surface area contributed by atoms with E-state index in [1.54, 1.807) is 0 Å². The molecule has 7 heteroatoms. The Bertz CT molecular complexity index is 1250. The largest absolute Gasteiger partial charge is 0.395 e. The minimum absolute atomic E-state index is 0.0838. The molecule has 0 spiro atoms. The fourth-order valence-corrected chi connectivity index (χ4v) is 5.53. The van der Waals surface area contributed by atoms with Crippen molar-refractivity contribution in [1.29, 1.82) is 0 Å². The van der Waals surface area contributed by atoms with Gasteiger partial charge in [-0.25, -0.2) is 0 Å². The van der Waals surface area contributed by atoms with Crippen LogP contribution in [-0.2, 0) is 11.3 Å². The maximum absolute atomic E-state index is 12.9. The zero-order chi connectivity index (χ0) is 21.9. The number of ether oxygens (including phenoxy) is 1. The maximum Gasteiger partial charge on any atom is 0.261 e. The number of nitrogens with one attached hydrogen (secondary N) is 1. The van der Waals surface area contributed by atoms with Crippen LogP contribution in [0, 0.1) is 0 Å². The topological polar surface area (TPSA) is 74.7 Å². The summed E-state index contributed by atoms with van der Waals surface area (Å²) in [5, 5.41) is 14.2. The molecule has 0 saturated carbocycles. The lowest BCUT2D eigenvalue weighted by molar-refractivity contribution is -0.0322. The van der Waals surface area contributed by atoms with Gasteiger partial charge in [-0.05, 0) is 29.1 Å². The summed E-state index contributed by atoms with van der Waals surface area (Å²) in [7, 11) is 0. The molecule has 3 heterocycles. The van der Waals surface area contributed by atoms with Crippen LogP contribution in [0.25, 0.3) is 21.0 Å². The Hall–Kier alpha value is -2.84. The summed E-state index contributed by atoms with van der Waals surface area (Å²) in [6.07, 6.45) is 1.67. The summed E-state index contributed by atoms with van der Waals surface area (Å²) in [5.41, 5.74) is 3.19. The first-order valence-corrected chi connectivity index (χ1v) is 11.6. The number of morpholine rings is 1. The molecule has 2 aromatic carbocycles. The summed E-state index contributed by atoms with van der Waals surface area (Å²) in [6.45, 7) is 3.10. The SMILES string of the molecule is O=C(NCCO)c1sc2ccccc2c1[C@H]1CN(Cc2ccnc3ccccc23)CCO1. The van der Waals surface area contributed by atoms with E-state index in [0.29, 0.717) is 18.0 Å². The fourth-order valence-electron chi connectivity index (χ4n) is 4.36. The predicted octanol–water partition coefficient (Wildman–Crippen LogP) is 3.75. The van der Waals surface area contributed by atoms with E-state index in [1.807, 2.05) is 42.6 Å². The number of rotatable bonds is 6. The van der Waals surface area contributed by atoms with Crippen molar-refractivity contribution >= 4 is 38.2 Å². The second kappa shape index (κ2) is 9.34. The highest BCUT2D eigenvalue weighted by atomic mass is 32.1. The van der Waals surface area contributed by atoms with Gasteiger partial charge < -0.3 is 15.2 Å². The number of hydrogen-bond acceptors (Lipinski definition) is 6. The number of fused-ring (bicyclic) bond motifs is 2. The van der Waals surface area contributed by atoms with E-state index < -0.39 is 0 Å². The second-order valence-corrected chi connectivity index (χ2v) is 8.95. The Morgan fingerprint density at radius 2 is 1.97 bits per heavy atom. The third-order valence-corrected chi connectivity index (χ3v) is 7.03. The van der Waals surface area contributed by atoms with Crippen LogP contribution in [0.5, 0.6) is 0 Å². The Labute approximate surface area is 190 Å². The van der Waals surface area contributed by atoms with E-state index in [4.69, 9.17) is 9.84 Å². The lowest BCUT2D eigenvalue weighted by Crippen LogP contribution is -2.38. The maximum atomic E-state index is 12.9. The summed E-state index contributed by atoms with van der Waals surface area (Å²) < 4.78 is 7.27. The molecule has 5 rings (SSSR count). The van der Waals surface area contributed by atoms with Crippen LogP contribution in [0.1, 0.15) is 26.9 Å². The number of aliphatic hydroxyl groups excluding tert-OH is 1. The van der Waals surface area contributed by atoms with Crippen molar-refractivity contribution in [2.24, 2.45) is 0 Å². The molecule has 1 fully saturated rings. The van der Waals surface area contributed by atoms with E-state index in [2.05, 4.69) is 33.4 Å². The number of hydrogen-bond donors (Lipinski definition) is 2. The van der Waals surface area contributed by atoms with Crippen molar-refractivity contribution in [2.75, 3.05) is 32.8 Å². The number of para-hydroxylation sites is 1. The third-order valence-electron chi connectivity index (χ3n) is 5.84. The highest BCUT2D eigenvalue weighted by Crippen LogP contribution is 2.38. The number of benzene rings is 2. The van der Waals surface area contributed by atoms with Gasteiger partial charge in [0.05, 0.1) is 29.7 Å². The van der Waals surface area contributed by atoms with Gasteiger partial charge in [-0.1, -0.05) is 36.4 Å². The summed E-state index contributed by atoms with van der Waals surface area (Å²) in [5.74, 6) is -0.156. The molecule has 0 unspecified atom stereocenters. The number of amides is 1. The molecule has 1 aliphatic rings. The predicted molar refractivity (Wildman–Crippen MR) is 127 cm³/mol. The van der Waals surface area contributed by atoms with E-state index in [1.165, 1.54) is 22.3 Å². The van der Waals surface area contributed by atoms with Gasteiger partial charge in [0, 0.05) is 48.0 Å². The molecule has 1 atom stereocenters. The Balaban J connectivity index is 1.44. The zero-order valence-electron chi connectivity index (χ0n) is 17.7. The summed E-state index contributed by atoms with van der Waals surface area (Å²) in [6, 6.07) is 18.4. The first kappa shape index (κ1) is 21.0. The number of carbonyl (C=O) groups is 1. The van der Waals surface area contributed by atoms with Crippen molar-refractivity contribution in [3.63, 3.8) is 0 Å². The minimum Gasteiger partial charge on any atom is -0.395 e. The highest BCUT2D eigenvalue weighted by molar-refractivity contribution is 7.21. The molecule has 0 aliphatic carbocycles. The first-order chi connectivity index (χ1) is 15.7. The molecule has 2 N–H and O–H groups in total. The van der Waals surface area contributed by atoms with Gasteiger partial charge >= 0.3 is 0 Å². The smallest absolute Gasteiger partial charge is 0.261 e. The van der Waals surface area contributed by atoms with Crippen molar-refractivity contribution in [3.8, 4) is 0 Å². The molecule has 2 aromatic heterocycles. The van der Waals surface area contributed by atoms with Crippen LogP contribution in [-0.4, -0.2) is 53.7 Å². The van der Waals surface area contributed by atoms with Crippen molar-refractivity contribution in [2.45, 2.75) is 12.6 Å². The number of aromatic nitrogens is 1. The van der Waals surface area contributed by atoms with Gasteiger partial charge in [0.15, 0.2) is 0 Å². The normalized spacial score (nSPS) is 17.1. The van der Waals surface area contributed by atoms with Gasteiger partial charge in [-0.2, -0.15) is 0 Å². The first-order valence-electron chi connectivity index (χ1n) is 10.8. The Morgan fingerprint density at radius 3 is 2.84 bits per heavy atom. The highest BCUT2D eigenvalue weighted by Gasteiger charge is 2.29. The lowest BCUT2D eigenvalue weighted by Gasteiger charge is -2.33. The lowest BCUT2D eigenvalue weighted by atomic mass is 10.0. The Morgan fingerprint density at radius 1 is 1.16 bits per heavy atom. The van der Waals surface area contributed by atoms with E-state index in [9.17, 15) is 4.79 Å². The fraction of sp³-hybridized carbons (Fsp3) is 0.280. The second-order valence-electron chi connectivity index (χ2n) is 7.90. The average molecular weight is 448 g/mol. The van der Waals surface area contributed by atoms with E-state index >= 15 is 0 Å². The van der Waals surface area contributed by atoms with Crippen LogP contribution in [0.15, 0.2) is 60.8 Å². The quantitative estimate of drug-likeness (QED) is 0.471. The van der Waals surface area contributed by atoms with Crippen molar-refractivity contribution < 1.29 is 14.6 Å². The van der Waals surface area contributed by atoms with Crippen LogP contribution in [0.2, 0.25) is 0 Å². The number of aliphatic hydroxyl groups is 1. The van der Waals surface area contributed by atoms with Gasteiger partial charge in [0.25, 0.3) is 5.91 Å². The number of nitrogens with zero attached hydrogens (tertiary/aromatic N) is 2. The van der Waals surface area contributed by atoms with Crippen molar-refractivity contribution in [3.05, 3.63) is 76.8 Å². The zero-order valence-corrected chi connectivity index (χ0v) is 18.5. The molecule has 32 heavy (non-hydrogen) atoms.